The number of hydrogen-bond acceptors (Lipinski definition) is 12. The number of benzene rings is 1. The van der Waals surface area contributed by atoms with Crippen LogP contribution in [-0.4, -0.2) is 114 Å². The van der Waals surface area contributed by atoms with Crippen LogP contribution in [0.4, 0.5) is 22.4 Å². The average Bonchev–Trinajstić information content (AvgIpc) is 4.06. The van der Waals surface area contributed by atoms with Crippen LogP contribution in [0.1, 0.15) is 78.3 Å². The highest BCUT2D eigenvalue weighted by Crippen LogP contribution is 2.53. The number of fused-ring (bicyclic) bond motifs is 3. The van der Waals surface area contributed by atoms with Crippen LogP contribution in [0.15, 0.2) is 35.5 Å². The smallest absolute Gasteiger partial charge is 0.427 e. The number of nitrogens with one attached hydrogen (secondary N) is 3. The van der Waals surface area contributed by atoms with Gasteiger partial charge in [0.05, 0.1) is 30.2 Å². The molecule has 2 aliphatic heterocycles. The monoisotopic (exact) mass is 869 g/mol. The topological polar surface area (TPSA) is 208 Å². The SMILES string of the molecule is COc1ccc2nc(O[C@@H]3CC4C(=O)N[C@]5(CNS(=O)(=O)C6(CF)CC6)C[C@@]5(N=O)/C=C\CC[C@@H](C)C[C@@H](C)[C@H](NC(=O)OC(C)(C)C(F)(F)F)C(=O)N4C3)c(C)nc2c1. The first-order chi connectivity index (χ1) is 28.0. The van der Waals surface area contributed by atoms with Gasteiger partial charge in [0.15, 0.2) is 0 Å². The molecule has 1 aromatic heterocycles. The Morgan fingerprint density at radius 2 is 1.83 bits per heavy atom. The Bertz CT molecular complexity index is 2150. The summed E-state index contributed by atoms with van der Waals surface area (Å²) in [7, 11) is -2.74. The van der Waals surface area contributed by atoms with Crippen molar-refractivity contribution in [2.45, 2.75) is 125 Å². The number of nitroso groups, excluding NO2 is 1. The predicted octanol–water partition coefficient (Wildman–Crippen LogP) is 4.93. The molecule has 1 saturated heterocycles. The number of sulfonamides is 1. The van der Waals surface area contributed by atoms with Crippen molar-refractivity contribution in [1.29, 1.82) is 0 Å². The van der Waals surface area contributed by atoms with Crippen LogP contribution < -0.4 is 24.8 Å². The first kappa shape index (κ1) is 44.9. The molecule has 3 amide bonds. The third-order valence-corrected chi connectivity index (χ3v) is 14.4. The van der Waals surface area contributed by atoms with Gasteiger partial charge in [0, 0.05) is 25.5 Å². The molecule has 330 valence electrons. The summed E-state index contributed by atoms with van der Waals surface area (Å²) in [6.45, 7) is 4.62. The van der Waals surface area contributed by atoms with Gasteiger partial charge in [-0.3, -0.25) is 9.59 Å². The lowest BCUT2D eigenvalue weighted by atomic mass is 9.88. The molecule has 0 radical (unpaired) electrons. The van der Waals surface area contributed by atoms with E-state index >= 15 is 0 Å². The summed E-state index contributed by atoms with van der Waals surface area (Å²) < 4.78 is 98.8. The van der Waals surface area contributed by atoms with Gasteiger partial charge < -0.3 is 29.7 Å². The van der Waals surface area contributed by atoms with Gasteiger partial charge >= 0.3 is 12.3 Å². The van der Waals surface area contributed by atoms with Crippen molar-refractivity contribution in [2.24, 2.45) is 17.0 Å². The number of aromatic nitrogens is 2. The number of nitrogens with zero attached hydrogens (tertiary/aromatic N) is 4. The van der Waals surface area contributed by atoms with Crippen molar-refractivity contribution >= 4 is 39.0 Å². The summed E-state index contributed by atoms with van der Waals surface area (Å²) in [5.74, 6) is -1.84. The number of methoxy groups -OCH3 is 1. The van der Waals surface area contributed by atoms with Crippen molar-refractivity contribution in [3.8, 4) is 11.6 Å². The van der Waals surface area contributed by atoms with Gasteiger partial charge in [0.1, 0.15) is 46.6 Å². The van der Waals surface area contributed by atoms with Crippen molar-refractivity contribution in [3.63, 3.8) is 0 Å². The van der Waals surface area contributed by atoms with Gasteiger partial charge in [0.25, 0.3) is 0 Å². The van der Waals surface area contributed by atoms with Gasteiger partial charge in [-0.25, -0.2) is 32.3 Å². The lowest BCUT2D eigenvalue weighted by Gasteiger charge is -2.34. The molecular formula is C39H51F4N7O9S. The molecule has 16 nitrogen and oxygen atoms in total. The normalized spacial score (nSPS) is 30.2. The number of rotatable bonds is 11. The van der Waals surface area contributed by atoms with Crippen LogP contribution in [0, 0.1) is 23.7 Å². The summed E-state index contributed by atoms with van der Waals surface area (Å²) in [6.07, 6.45) is -3.05. The van der Waals surface area contributed by atoms with Crippen LogP contribution in [-0.2, 0) is 24.3 Å². The zero-order chi connectivity index (χ0) is 44.1. The molecule has 3 N–H and O–H groups in total. The Kier molecular flexibility index (Phi) is 12.2. The second kappa shape index (κ2) is 16.3. The first-order valence-electron chi connectivity index (χ1n) is 19.8. The van der Waals surface area contributed by atoms with E-state index in [1.54, 1.807) is 38.1 Å². The number of allylic oxidation sites excluding steroid dienone is 1. The quantitative estimate of drug-likeness (QED) is 0.157. The van der Waals surface area contributed by atoms with Gasteiger partial charge in [-0.1, -0.05) is 31.2 Å². The molecule has 4 aliphatic rings. The van der Waals surface area contributed by atoms with E-state index in [0.29, 0.717) is 55.6 Å². The van der Waals surface area contributed by atoms with Gasteiger partial charge in [-0.05, 0) is 76.8 Å². The zero-order valence-electron chi connectivity index (χ0n) is 34.2. The number of carbonyl (C=O) groups excluding carboxylic acids is 3. The second-order valence-corrected chi connectivity index (χ2v) is 19.3. The highest BCUT2D eigenvalue weighted by Gasteiger charge is 2.71. The van der Waals surface area contributed by atoms with E-state index in [9.17, 15) is 45.3 Å². The third-order valence-electron chi connectivity index (χ3n) is 12.2. The standard InChI is InChI=1S/C39H51F4N7O9S/c1-22-9-7-8-12-37(49-54)19-38(37,21-44-60(55,56)36(20-40)13-14-36)48-31(51)29-17-26(58-32-24(3)45-28-16-25(57-6)10-11-27(28)46-32)18-50(29)33(52)30(23(2)15-22)47-34(53)59-35(4,5)39(41,42)43/h8,10-12,16,22-23,26,29-30,44H,7,9,13-15,17-21H2,1-6H3,(H,47,53)(H,48,51)/b12-8-/t22-,23-,26-,29?,30+,37+,38+/m1/s1. The number of halogens is 4. The van der Waals surface area contributed by atoms with E-state index < -0.39 is 92.9 Å². The number of aryl methyl sites for hydroxylation is 1. The van der Waals surface area contributed by atoms with Gasteiger partial charge in [-0.2, -0.15) is 13.2 Å². The second-order valence-electron chi connectivity index (χ2n) is 17.2. The van der Waals surface area contributed by atoms with Gasteiger partial charge in [-0.15, -0.1) is 4.91 Å². The molecule has 2 saturated carbocycles. The molecule has 3 heterocycles. The lowest BCUT2D eigenvalue weighted by molar-refractivity contribution is -0.244. The minimum absolute atomic E-state index is 0.0901. The van der Waals surface area contributed by atoms with E-state index in [2.05, 4.69) is 30.5 Å². The fraction of sp³-hybridized carbons (Fsp3) is 0.667. The molecule has 1 aromatic carbocycles. The fourth-order valence-electron chi connectivity index (χ4n) is 8.00. The van der Waals surface area contributed by atoms with Gasteiger partial charge in [0.2, 0.25) is 33.3 Å². The van der Waals surface area contributed by atoms with Crippen molar-refractivity contribution < 1.29 is 54.6 Å². The van der Waals surface area contributed by atoms with Crippen molar-refractivity contribution in [3.05, 3.63) is 41.0 Å². The Hall–Kier alpha value is -4.66. The Morgan fingerprint density at radius 3 is 2.47 bits per heavy atom. The zero-order valence-corrected chi connectivity index (χ0v) is 35.0. The minimum Gasteiger partial charge on any atom is -0.497 e. The molecule has 7 atom stereocenters. The molecular weight excluding hydrogens is 819 g/mol. The maximum atomic E-state index is 14.8. The van der Waals surface area contributed by atoms with Crippen LogP contribution >= 0.6 is 0 Å². The Labute approximate surface area is 345 Å². The third kappa shape index (κ3) is 8.73. The average molecular weight is 870 g/mol. The van der Waals surface area contributed by atoms with Crippen LogP contribution in [0.2, 0.25) is 0 Å². The molecule has 2 aromatic rings. The number of ether oxygens (including phenoxy) is 3. The summed E-state index contributed by atoms with van der Waals surface area (Å²) >= 11 is 0. The van der Waals surface area contributed by atoms with Crippen molar-refractivity contribution in [2.75, 3.05) is 26.9 Å². The molecule has 0 bridgehead atoms. The number of alkyl halides is 4. The van der Waals surface area contributed by atoms with E-state index in [1.165, 1.54) is 13.2 Å². The number of amides is 3. The summed E-state index contributed by atoms with van der Waals surface area (Å²) in [5.41, 5.74) is -4.80. The maximum Gasteiger partial charge on any atom is 0.427 e. The molecule has 3 fully saturated rings. The predicted molar refractivity (Wildman–Crippen MR) is 209 cm³/mol. The highest BCUT2D eigenvalue weighted by atomic mass is 32.2. The van der Waals surface area contributed by atoms with Crippen LogP contribution in [0.5, 0.6) is 11.6 Å². The molecule has 6 rings (SSSR count). The number of hydrogen-bond donors (Lipinski definition) is 3. The summed E-state index contributed by atoms with van der Waals surface area (Å²) in [6, 6.07) is 2.17. The first-order valence-corrected chi connectivity index (χ1v) is 21.3. The van der Waals surface area contributed by atoms with E-state index in [-0.39, 0.29) is 44.0 Å². The number of carbonyl (C=O) groups is 3. The van der Waals surface area contributed by atoms with Crippen LogP contribution in [0.3, 0.4) is 0 Å². The van der Waals surface area contributed by atoms with E-state index in [1.807, 2.05) is 6.92 Å². The largest absolute Gasteiger partial charge is 0.497 e. The lowest BCUT2D eigenvalue weighted by Crippen LogP contribution is -2.59. The van der Waals surface area contributed by atoms with E-state index in [0.717, 1.165) is 4.90 Å². The molecule has 0 spiro atoms. The fourth-order valence-corrected chi connectivity index (χ4v) is 9.52. The van der Waals surface area contributed by atoms with E-state index in [4.69, 9.17) is 14.2 Å². The summed E-state index contributed by atoms with van der Waals surface area (Å²) in [4.78, 5) is 65.4. The highest BCUT2D eigenvalue weighted by molar-refractivity contribution is 7.91. The minimum atomic E-state index is -4.94. The van der Waals surface area contributed by atoms with Crippen molar-refractivity contribution in [1.82, 2.24) is 30.2 Å². The number of alkyl carbamates (subject to hydrolysis) is 1. The summed E-state index contributed by atoms with van der Waals surface area (Å²) in [5, 5.41) is 8.52. The Balaban J connectivity index is 1.36. The molecule has 21 heteroatoms. The van der Waals surface area contributed by atoms with Crippen LogP contribution in [0.25, 0.3) is 11.0 Å². The Morgan fingerprint density at radius 1 is 1.12 bits per heavy atom. The molecule has 60 heavy (non-hydrogen) atoms. The maximum absolute atomic E-state index is 14.8. The molecule has 2 aliphatic carbocycles. The molecule has 1 unspecified atom stereocenters.